The third-order valence-corrected chi connectivity index (χ3v) is 3.85. The minimum Gasteiger partial charge on any atom is -0.382 e. The standard InChI is InChI=1S/C13H18Cl2O5S/c1-17-2-3-18-4-5-19-6-7-20-9-11(16)10-8-12(14)21-13(10)15/h8H,2-7,9H2,1H3. The Hall–Kier alpha value is -0.210. The van der Waals surface area contributed by atoms with Crippen LogP contribution in [0.15, 0.2) is 6.07 Å². The Morgan fingerprint density at radius 2 is 1.62 bits per heavy atom. The quantitative estimate of drug-likeness (QED) is 0.425. The Labute approximate surface area is 138 Å². The predicted molar refractivity (Wildman–Crippen MR) is 83.0 cm³/mol. The molecule has 0 N–H and O–H groups in total. The van der Waals surface area contributed by atoms with Gasteiger partial charge in [0.1, 0.15) is 10.9 Å². The first kappa shape index (κ1) is 18.8. The zero-order valence-electron chi connectivity index (χ0n) is 11.7. The van der Waals surface area contributed by atoms with Gasteiger partial charge >= 0.3 is 0 Å². The number of ketones is 1. The lowest BCUT2D eigenvalue weighted by atomic mass is 10.2. The Bertz CT molecular complexity index is 425. The van der Waals surface area contributed by atoms with Gasteiger partial charge in [-0.05, 0) is 6.07 Å². The molecule has 0 atom stereocenters. The molecule has 8 heteroatoms. The lowest BCUT2D eigenvalue weighted by molar-refractivity contribution is 0.00493. The fourth-order valence-corrected chi connectivity index (χ4v) is 2.85. The number of carbonyl (C=O) groups is 1. The van der Waals surface area contributed by atoms with E-state index >= 15 is 0 Å². The smallest absolute Gasteiger partial charge is 0.190 e. The van der Waals surface area contributed by atoms with Gasteiger partial charge in [-0.25, -0.2) is 0 Å². The van der Waals surface area contributed by atoms with Gasteiger partial charge in [-0.15, -0.1) is 11.3 Å². The number of ether oxygens (including phenoxy) is 4. The van der Waals surface area contributed by atoms with Crippen molar-refractivity contribution in [2.75, 3.05) is 53.4 Å². The average Bonchev–Trinajstić information content (AvgIpc) is 2.79. The maximum atomic E-state index is 11.8. The number of hydrogen-bond acceptors (Lipinski definition) is 6. The van der Waals surface area contributed by atoms with Crippen LogP contribution in [0.2, 0.25) is 8.67 Å². The fourth-order valence-electron chi connectivity index (χ4n) is 1.36. The summed E-state index contributed by atoms with van der Waals surface area (Å²) in [7, 11) is 1.62. The van der Waals surface area contributed by atoms with Gasteiger partial charge in [0.25, 0.3) is 0 Å². The van der Waals surface area contributed by atoms with Gasteiger partial charge in [0.05, 0.1) is 49.5 Å². The van der Waals surface area contributed by atoms with Gasteiger partial charge in [0.15, 0.2) is 5.78 Å². The van der Waals surface area contributed by atoms with Gasteiger partial charge in [0.2, 0.25) is 0 Å². The monoisotopic (exact) mass is 356 g/mol. The average molecular weight is 357 g/mol. The predicted octanol–water partition coefficient (Wildman–Crippen LogP) is 2.93. The highest BCUT2D eigenvalue weighted by atomic mass is 35.5. The fraction of sp³-hybridized carbons (Fsp3) is 0.615. The van der Waals surface area contributed by atoms with Crippen molar-refractivity contribution in [3.63, 3.8) is 0 Å². The topological polar surface area (TPSA) is 54.0 Å². The minimum atomic E-state index is -0.189. The van der Waals surface area contributed by atoms with Crippen LogP contribution in [0.5, 0.6) is 0 Å². The lowest BCUT2D eigenvalue weighted by Gasteiger charge is -2.06. The number of hydrogen-bond donors (Lipinski definition) is 0. The molecule has 0 saturated heterocycles. The van der Waals surface area contributed by atoms with Crippen LogP contribution < -0.4 is 0 Å². The van der Waals surface area contributed by atoms with Crippen LogP contribution in [-0.4, -0.2) is 59.1 Å². The molecule has 5 nitrogen and oxygen atoms in total. The van der Waals surface area contributed by atoms with Crippen LogP contribution >= 0.6 is 34.5 Å². The highest BCUT2D eigenvalue weighted by molar-refractivity contribution is 7.20. The number of halogens is 2. The SMILES string of the molecule is COCCOCCOCCOCC(=O)c1cc(Cl)sc1Cl. The Kier molecular flexibility index (Phi) is 10.2. The first-order valence-electron chi connectivity index (χ1n) is 6.35. The molecule has 1 aromatic heterocycles. The molecule has 0 spiro atoms. The third-order valence-electron chi connectivity index (χ3n) is 2.37. The zero-order valence-corrected chi connectivity index (χ0v) is 14.1. The van der Waals surface area contributed by atoms with E-state index in [-0.39, 0.29) is 12.4 Å². The first-order valence-corrected chi connectivity index (χ1v) is 7.92. The van der Waals surface area contributed by atoms with E-state index in [1.165, 1.54) is 0 Å². The summed E-state index contributed by atoms with van der Waals surface area (Å²) < 4.78 is 21.4. The number of rotatable bonds is 12. The Balaban J connectivity index is 1.99. The second-order valence-corrected chi connectivity index (χ2v) is 6.22. The summed E-state index contributed by atoms with van der Waals surface area (Å²) >= 11 is 12.8. The highest BCUT2D eigenvalue weighted by Crippen LogP contribution is 2.31. The summed E-state index contributed by atoms with van der Waals surface area (Å²) in [5.41, 5.74) is 0.402. The van der Waals surface area contributed by atoms with Crippen molar-refractivity contribution in [2.24, 2.45) is 0 Å². The number of methoxy groups -OCH3 is 1. The molecule has 1 rings (SSSR count). The van der Waals surface area contributed by atoms with E-state index in [0.717, 1.165) is 11.3 Å². The van der Waals surface area contributed by atoms with Crippen LogP contribution in [0.1, 0.15) is 10.4 Å². The summed E-state index contributed by atoms with van der Waals surface area (Å²) in [5, 5.41) is 0. The van der Waals surface area contributed by atoms with Crippen LogP contribution in [0, 0.1) is 0 Å². The number of carbonyl (C=O) groups excluding carboxylic acids is 1. The molecule has 1 heterocycles. The van der Waals surface area contributed by atoms with E-state index in [1.807, 2.05) is 0 Å². The molecule has 0 aliphatic rings. The van der Waals surface area contributed by atoms with Gasteiger partial charge in [-0.2, -0.15) is 0 Å². The molecule has 0 aromatic carbocycles. The zero-order chi connectivity index (χ0) is 15.5. The number of Topliss-reactive ketones (excluding diaryl/α,β-unsaturated/α-hetero) is 1. The first-order chi connectivity index (χ1) is 10.1. The second kappa shape index (κ2) is 11.4. The molecule has 0 unspecified atom stereocenters. The van der Waals surface area contributed by atoms with E-state index in [9.17, 15) is 4.79 Å². The Morgan fingerprint density at radius 1 is 1.05 bits per heavy atom. The van der Waals surface area contributed by atoms with Crippen LogP contribution in [-0.2, 0) is 18.9 Å². The van der Waals surface area contributed by atoms with Crippen molar-refractivity contribution in [1.29, 1.82) is 0 Å². The molecule has 0 fully saturated rings. The second-order valence-electron chi connectivity index (χ2n) is 3.93. The third kappa shape index (κ3) is 8.11. The van der Waals surface area contributed by atoms with Crippen molar-refractivity contribution < 1.29 is 23.7 Å². The van der Waals surface area contributed by atoms with E-state index in [4.69, 9.17) is 42.1 Å². The molecule has 0 saturated carbocycles. The molecular formula is C13H18Cl2O5S. The molecule has 21 heavy (non-hydrogen) atoms. The van der Waals surface area contributed by atoms with Gasteiger partial charge in [-0.1, -0.05) is 23.2 Å². The molecular weight excluding hydrogens is 339 g/mol. The van der Waals surface area contributed by atoms with Crippen molar-refractivity contribution in [3.05, 3.63) is 20.3 Å². The van der Waals surface area contributed by atoms with Gasteiger partial charge < -0.3 is 18.9 Å². The van der Waals surface area contributed by atoms with Crippen LogP contribution in [0.4, 0.5) is 0 Å². The van der Waals surface area contributed by atoms with Crippen LogP contribution in [0.25, 0.3) is 0 Å². The van der Waals surface area contributed by atoms with Crippen molar-refractivity contribution in [1.82, 2.24) is 0 Å². The van der Waals surface area contributed by atoms with E-state index in [1.54, 1.807) is 13.2 Å². The highest BCUT2D eigenvalue weighted by Gasteiger charge is 2.14. The van der Waals surface area contributed by atoms with E-state index < -0.39 is 0 Å². The van der Waals surface area contributed by atoms with Gasteiger partial charge in [0, 0.05) is 7.11 Å². The van der Waals surface area contributed by atoms with Crippen molar-refractivity contribution in [2.45, 2.75) is 0 Å². The molecule has 120 valence electrons. The molecule has 0 radical (unpaired) electrons. The Morgan fingerprint density at radius 3 is 2.14 bits per heavy atom. The summed E-state index contributed by atoms with van der Waals surface area (Å²) in [6.07, 6.45) is 0. The molecule has 0 amide bonds. The molecule has 0 bridgehead atoms. The maximum Gasteiger partial charge on any atom is 0.190 e. The number of thiophene rings is 1. The van der Waals surface area contributed by atoms with Crippen molar-refractivity contribution >= 4 is 40.3 Å². The summed E-state index contributed by atoms with van der Waals surface area (Å²) in [6, 6.07) is 1.55. The van der Waals surface area contributed by atoms with E-state index in [0.29, 0.717) is 53.9 Å². The summed E-state index contributed by atoms with van der Waals surface area (Å²) in [4.78, 5) is 11.8. The largest absolute Gasteiger partial charge is 0.382 e. The maximum absolute atomic E-state index is 11.8. The van der Waals surface area contributed by atoms with E-state index in [2.05, 4.69) is 0 Å². The lowest BCUT2D eigenvalue weighted by Crippen LogP contribution is -2.14. The summed E-state index contributed by atoms with van der Waals surface area (Å²) in [6.45, 7) is 2.80. The summed E-state index contributed by atoms with van der Waals surface area (Å²) in [5.74, 6) is -0.189. The van der Waals surface area contributed by atoms with Crippen molar-refractivity contribution in [3.8, 4) is 0 Å². The molecule has 0 aliphatic carbocycles. The molecule has 1 aromatic rings. The van der Waals surface area contributed by atoms with Crippen LogP contribution in [0.3, 0.4) is 0 Å². The normalized spacial score (nSPS) is 11.0. The van der Waals surface area contributed by atoms with Gasteiger partial charge in [-0.3, -0.25) is 4.79 Å². The molecule has 0 aliphatic heterocycles. The minimum absolute atomic E-state index is 0.0412.